The van der Waals surface area contributed by atoms with E-state index in [2.05, 4.69) is 29.8 Å². The summed E-state index contributed by atoms with van der Waals surface area (Å²) in [7, 11) is 0. The van der Waals surface area contributed by atoms with Crippen LogP contribution in [0.25, 0.3) is 10.9 Å². The number of H-pyrrole nitrogens is 1. The zero-order valence-corrected chi connectivity index (χ0v) is 15.9. The topological polar surface area (TPSA) is 63.0 Å². The first-order valence-corrected chi connectivity index (χ1v) is 9.21. The summed E-state index contributed by atoms with van der Waals surface area (Å²) in [5.74, 6) is 0.487. The molecule has 1 heterocycles. The lowest BCUT2D eigenvalue weighted by Crippen LogP contribution is -2.29. The van der Waals surface area contributed by atoms with Gasteiger partial charge in [-0.25, -0.2) is 4.39 Å². The van der Waals surface area contributed by atoms with Crippen LogP contribution in [0.3, 0.4) is 0 Å². The molecule has 1 atom stereocenters. The van der Waals surface area contributed by atoms with Crippen LogP contribution in [0, 0.1) is 24.1 Å². The van der Waals surface area contributed by atoms with E-state index in [1.807, 2.05) is 31.2 Å². The molecule has 2 N–H and O–H groups in total. The number of aliphatic hydroxyl groups excluding tert-OH is 1. The fourth-order valence-corrected chi connectivity index (χ4v) is 3.60. The van der Waals surface area contributed by atoms with Crippen LogP contribution >= 0.6 is 0 Å². The van der Waals surface area contributed by atoms with Crippen LogP contribution in [-0.4, -0.2) is 16.1 Å². The molecule has 0 spiro atoms. The fourth-order valence-electron chi connectivity index (χ4n) is 3.60. The minimum atomic E-state index is -0.413. The number of nitrogens with zero attached hydrogens (tertiary/aromatic N) is 2. The van der Waals surface area contributed by atoms with Gasteiger partial charge < -0.3 is 15.0 Å². The summed E-state index contributed by atoms with van der Waals surface area (Å²) in [5.41, 5.74) is 3.57. The van der Waals surface area contributed by atoms with Gasteiger partial charge in [-0.05, 0) is 50.1 Å². The van der Waals surface area contributed by atoms with Crippen molar-refractivity contribution in [2.45, 2.75) is 46.3 Å². The molecule has 1 aromatic heterocycles. The van der Waals surface area contributed by atoms with Crippen LogP contribution in [0.5, 0.6) is 0 Å². The minimum Gasteiger partial charge on any atom is -0.392 e. The number of fused-ring (bicyclic) bond motifs is 1. The molecule has 140 valence electrons. The summed E-state index contributed by atoms with van der Waals surface area (Å²) in [6.45, 7) is 5.96. The standard InChI is InChI=1S/C22H24FN3O/c1-4-5-14(2)26(18-8-7-17(13-27)20(23)11-18)22-15(3)19-9-6-16(12-24)10-21(19)25-22/h6-11,14,25,27H,4-5,13H2,1-3H3. The predicted octanol–water partition coefficient (Wildman–Crippen LogP) is 5.31. The summed E-state index contributed by atoms with van der Waals surface area (Å²) in [5, 5.41) is 19.5. The Morgan fingerprint density at radius 2 is 2.04 bits per heavy atom. The molecule has 0 aliphatic rings. The van der Waals surface area contributed by atoms with Crippen LogP contribution in [-0.2, 0) is 6.61 Å². The molecule has 0 saturated carbocycles. The SMILES string of the molecule is CCCC(C)N(c1ccc(CO)c(F)c1)c1[nH]c2cc(C#N)ccc2c1C. The highest BCUT2D eigenvalue weighted by molar-refractivity contribution is 5.91. The lowest BCUT2D eigenvalue weighted by molar-refractivity contribution is 0.276. The molecule has 3 aromatic rings. The lowest BCUT2D eigenvalue weighted by atomic mass is 10.1. The van der Waals surface area contributed by atoms with E-state index in [1.54, 1.807) is 6.07 Å². The Bertz CT molecular complexity index is 1000. The molecule has 27 heavy (non-hydrogen) atoms. The van der Waals surface area contributed by atoms with Gasteiger partial charge in [-0.15, -0.1) is 0 Å². The van der Waals surface area contributed by atoms with E-state index in [0.29, 0.717) is 5.56 Å². The van der Waals surface area contributed by atoms with Gasteiger partial charge in [0.05, 0.1) is 18.2 Å². The van der Waals surface area contributed by atoms with Crippen LogP contribution in [0.4, 0.5) is 15.9 Å². The van der Waals surface area contributed by atoms with Crippen molar-refractivity contribution < 1.29 is 9.50 Å². The van der Waals surface area contributed by atoms with Gasteiger partial charge in [-0.3, -0.25) is 0 Å². The van der Waals surface area contributed by atoms with Crippen molar-refractivity contribution in [3.8, 4) is 6.07 Å². The number of aliphatic hydroxyl groups is 1. The molecule has 0 aliphatic carbocycles. The number of nitriles is 1. The zero-order chi connectivity index (χ0) is 19.6. The average molecular weight is 365 g/mol. The maximum absolute atomic E-state index is 14.3. The summed E-state index contributed by atoms with van der Waals surface area (Å²) >= 11 is 0. The molecule has 0 aliphatic heterocycles. The zero-order valence-electron chi connectivity index (χ0n) is 15.9. The molecule has 3 rings (SSSR count). The van der Waals surface area contributed by atoms with E-state index in [0.717, 1.165) is 40.8 Å². The summed E-state index contributed by atoms with van der Waals surface area (Å²) in [4.78, 5) is 5.53. The molecular formula is C22H24FN3O. The lowest BCUT2D eigenvalue weighted by Gasteiger charge is -2.31. The largest absolute Gasteiger partial charge is 0.392 e. The third-order valence-electron chi connectivity index (χ3n) is 5.03. The van der Waals surface area contributed by atoms with Gasteiger partial charge in [0, 0.05) is 28.2 Å². The number of aryl methyl sites for hydroxylation is 1. The molecule has 1 unspecified atom stereocenters. The number of rotatable bonds is 6. The molecular weight excluding hydrogens is 341 g/mol. The van der Waals surface area contributed by atoms with Gasteiger partial charge in [-0.2, -0.15) is 5.26 Å². The van der Waals surface area contributed by atoms with Crippen molar-refractivity contribution in [1.82, 2.24) is 4.98 Å². The minimum absolute atomic E-state index is 0.150. The normalized spacial score (nSPS) is 12.1. The second-order valence-electron chi connectivity index (χ2n) is 6.91. The van der Waals surface area contributed by atoms with Gasteiger partial charge >= 0.3 is 0 Å². The highest BCUT2D eigenvalue weighted by Crippen LogP contribution is 2.36. The first-order valence-electron chi connectivity index (χ1n) is 9.21. The van der Waals surface area contributed by atoms with Crippen molar-refractivity contribution in [2.24, 2.45) is 0 Å². The number of benzene rings is 2. The van der Waals surface area contributed by atoms with Crippen LogP contribution in [0.2, 0.25) is 0 Å². The number of hydrogen-bond donors (Lipinski definition) is 2. The fraction of sp³-hybridized carbons (Fsp3) is 0.318. The summed E-state index contributed by atoms with van der Waals surface area (Å²) in [6, 6.07) is 12.8. The van der Waals surface area contributed by atoms with Crippen LogP contribution in [0.1, 0.15) is 43.4 Å². The number of nitrogens with one attached hydrogen (secondary N) is 1. The number of halogens is 1. The van der Waals surface area contributed by atoms with E-state index >= 15 is 0 Å². The van der Waals surface area contributed by atoms with E-state index < -0.39 is 5.82 Å². The predicted molar refractivity (Wildman–Crippen MR) is 107 cm³/mol. The molecule has 0 amide bonds. The molecule has 2 aromatic carbocycles. The number of hydrogen-bond acceptors (Lipinski definition) is 3. The summed E-state index contributed by atoms with van der Waals surface area (Å²) < 4.78 is 14.3. The quantitative estimate of drug-likeness (QED) is 0.622. The third kappa shape index (κ3) is 3.54. The van der Waals surface area contributed by atoms with E-state index in [1.165, 1.54) is 6.07 Å². The Hall–Kier alpha value is -2.84. The highest BCUT2D eigenvalue weighted by atomic mass is 19.1. The highest BCUT2D eigenvalue weighted by Gasteiger charge is 2.22. The van der Waals surface area contributed by atoms with Gasteiger partial charge in [-0.1, -0.05) is 25.5 Å². The second-order valence-corrected chi connectivity index (χ2v) is 6.91. The molecule has 0 saturated heterocycles. The van der Waals surface area contributed by atoms with E-state index in [4.69, 9.17) is 5.26 Å². The van der Waals surface area contributed by atoms with Crippen molar-refractivity contribution in [1.29, 1.82) is 5.26 Å². The monoisotopic (exact) mass is 365 g/mol. The molecule has 5 heteroatoms. The third-order valence-corrected chi connectivity index (χ3v) is 5.03. The van der Waals surface area contributed by atoms with Gasteiger partial charge in [0.1, 0.15) is 11.6 Å². The Kier molecular flexibility index (Phi) is 5.48. The molecule has 0 radical (unpaired) electrons. The Balaban J connectivity index is 2.16. The second kappa shape index (κ2) is 7.81. The van der Waals surface area contributed by atoms with Crippen molar-refractivity contribution >= 4 is 22.4 Å². The van der Waals surface area contributed by atoms with Crippen LogP contribution < -0.4 is 4.90 Å². The average Bonchev–Trinajstić information content (AvgIpc) is 2.98. The molecule has 0 fully saturated rings. The molecule has 0 bridgehead atoms. The summed E-state index contributed by atoms with van der Waals surface area (Å²) in [6.07, 6.45) is 1.95. The molecule has 4 nitrogen and oxygen atoms in total. The number of anilines is 2. The maximum Gasteiger partial charge on any atom is 0.130 e. The number of aromatic amines is 1. The Morgan fingerprint density at radius 1 is 1.26 bits per heavy atom. The van der Waals surface area contributed by atoms with Crippen molar-refractivity contribution in [3.05, 3.63) is 58.9 Å². The Morgan fingerprint density at radius 3 is 2.67 bits per heavy atom. The smallest absolute Gasteiger partial charge is 0.130 e. The van der Waals surface area contributed by atoms with E-state index in [9.17, 15) is 9.50 Å². The first-order chi connectivity index (χ1) is 13.0. The maximum atomic E-state index is 14.3. The van der Waals surface area contributed by atoms with Crippen LogP contribution in [0.15, 0.2) is 36.4 Å². The van der Waals surface area contributed by atoms with E-state index in [-0.39, 0.29) is 18.2 Å². The van der Waals surface area contributed by atoms with Gasteiger partial charge in [0.2, 0.25) is 0 Å². The Labute approximate surface area is 158 Å². The van der Waals surface area contributed by atoms with Gasteiger partial charge in [0.15, 0.2) is 0 Å². The van der Waals surface area contributed by atoms with Crippen molar-refractivity contribution in [2.75, 3.05) is 4.90 Å². The first kappa shape index (κ1) is 18.9. The van der Waals surface area contributed by atoms with Gasteiger partial charge in [0.25, 0.3) is 0 Å². The number of aromatic nitrogens is 1. The van der Waals surface area contributed by atoms with Crippen molar-refractivity contribution in [3.63, 3.8) is 0 Å².